The molecule has 0 unspecified atom stereocenters. The lowest BCUT2D eigenvalue weighted by Gasteiger charge is -2.11. The van der Waals surface area contributed by atoms with E-state index >= 15 is 0 Å². The van der Waals surface area contributed by atoms with Crippen molar-refractivity contribution in [3.05, 3.63) is 34.3 Å². The van der Waals surface area contributed by atoms with Gasteiger partial charge in [-0.15, -0.1) is 0 Å². The zero-order chi connectivity index (χ0) is 13.0. The lowest BCUT2D eigenvalue weighted by Crippen LogP contribution is -2.32. The fourth-order valence-corrected chi connectivity index (χ4v) is 1.89. The van der Waals surface area contributed by atoms with Crippen LogP contribution in [0.3, 0.4) is 0 Å². The molecule has 0 aromatic heterocycles. The van der Waals surface area contributed by atoms with Crippen molar-refractivity contribution in [1.82, 2.24) is 5.32 Å². The smallest absolute Gasteiger partial charge is 0.252 e. The minimum absolute atomic E-state index is 0.0665. The molecule has 0 heterocycles. The predicted octanol–water partition coefficient (Wildman–Crippen LogP) is 2.15. The van der Waals surface area contributed by atoms with Gasteiger partial charge in [-0.3, -0.25) is 9.00 Å². The topological polar surface area (TPSA) is 46.2 Å². The highest BCUT2D eigenvalue weighted by Crippen LogP contribution is 2.17. The molecule has 0 bridgehead atoms. The molecule has 0 saturated heterocycles. The molecule has 2 atom stereocenters. The van der Waals surface area contributed by atoms with Gasteiger partial charge >= 0.3 is 0 Å². The molecule has 17 heavy (non-hydrogen) atoms. The maximum Gasteiger partial charge on any atom is 0.252 e. The van der Waals surface area contributed by atoms with Crippen molar-refractivity contribution in [3.8, 4) is 0 Å². The highest BCUT2D eigenvalue weighted by atomic mass is 35.5. The van der Waals surface area contributed by atoms with Gasteiger partial charge in [0.15, 0.2) is 0 Å². The third-order valence-electron chi connectivity index (χ3n) is 2.49. The summed E-state index contributed by atoms with van der Waals surface area (Å²) in [5.41, 5.74) is 1.46. The average molecular weight is 274 g/mol. The normalized spacial score (nSPS) is 14.1. The zero-order valence-electron chi connectivity index (χ0n) is 10.1. The van der Waals surface area contributed by atoms with E-state index in [-0.39, 0.29) is 11.2 Å². The Bertz CT molecular complexity index is 448. The van der Waals surface area contributed by atoms with Gasteiger partial charge in [0.05, 0.1) is 10.6 Å². The molecular formula is C12H16ClNO2S. The first kappa shape index (κ1) is 14.2. The van der Waals surface area contributed by atoms with Crippen molar-refractivity contribution >= 4 is 28.3 Å². The minimum Gasteiger partial charge on any atom is -0.351 e. The van der Waals surface area contributed by atoms with Gasteiger partial charge in [0, 0.05) is 28.9 Å². The van der Waals surface area contributed by atoms with E-state index in [1.54, 1.807) is 18.4 Å². The quantitative estimate of drug-likeness (QED) is 0.914. The summed E-state index contributed by atoms with van der Waals surface area (Å²) in [4.78, 5) is 11.8. The van der Waals surface area contributed by atoms with Gasteiger partial charge in [-0.1, -0.05) is 17.7 Å². The van der Waals surface area contributed by atoms with Crippen LogP contribution in [-0.4, -0.2) is 28.2 Å². The maximum atomic E-state index is 11.8. The van der Waals surface area contributed by atoms with E-state index in [1.807, 2.05) is 19.9 Å². The Hall–Kier alpha value is -0.870. The summed E-state index contributed by atoms with van der Waals surface area (Å²) in [5, 5.41) is 3.10. The summed E-state index contributed by atoms with van der Waals surface area (Å²) in [6.45, 7) is 4.12. The first-order valence-corrected chi connectivity index (χ1v) is 7.28. The fourth-order valence-electron chi connectivity index (χ4n) is 1.25. The highest BCUT2D eigenvalue weighted by molar-refractivity contribution is 7.84. The molecule has 0 aliphatic rings. The number of aryl methyl sites for hydroxylation is 1. The predicted molar refractivity (Wildman–Crippen MR) is 72.1 cm³/mol. The number of rotatable bonds is 4. The summed E-state index contributed by atoms with van der Waals surface area (Å²) in [7, 11) is -0.940. The molecule has 1 rings (SSSR count). The monoisotopic (exact) mass is 273 g/mol. The van der Waals surface area contributed by atoms with Crippen molar-refractivity contribution < 1.29 is 9.00 Å². The largest absolute Gasteiger partial charge is 0.351 e. The molecule has 0 aliphatic carbocycles. The molecule has 0 saturated carbocycles. The van der Waals surface area contributed by atoms with Crippen LogP contribution in [0.1, 0.15) is 22.8 Å². The summed E-state index contributed by atoms with van der Waals surface area (Å²) >= 11 is 5.98. The number of benzene rings is 1. The van der Waals surface area contributed by atoms with Crippen LogP contribution in [0.5, 0.6) is 0 Å². The molecule has 0 aliphatic heterocycles. The van der Waals surface area contributed by atoms with Crippen molar-refractivity contribution in [2.45, 2.75) is 19.1 Å². The van der Waals surface area contributed by atoms with E-state index in [2.05, 4.69) is 5.32 Å². The van der Waals surface area contributed by atoms with E-state index in [0.717, 1.165) is 5.56 Å². The van der Waals surface area contributed by atoms with E-state index in [1.165, 1.54) is 0 Å². The van der Waals surface area contributed by atoms with Crippen LogP contribution in [0, 0.1) is 6.92 Å². The summed E-state index contributed by atoms with van der Waals surface area (Å²) in [5.74, 6) is -0.229. The third-order valence-corrected chi connectivity index (χ3v) is 4.10. The molecule has 0 fully saturated rings. The molecule has 3 nitrogen and oxygen atoms in total. The SMILES string of the molecule is Cc1ccc(C(=O)NC[C@@H](C)[S@@](C)=O)c(Cl)c1. The number of amides is 1. The van der Waals surface area contributed by atoms with Gasteiger partial charge in [-0.25, -0.2) is 0 Å². The first-order chi connectivity index (χ1) is 7.91. The Kier molecular flexibility index (Phi) is 5.15. The molecule has 0 spiro atoms. The summed E-state index contributed by atoms with van der Waals surface area (Å²) in [6.07, 6.45) is 1.62. The third kappa shape index (κ3) is 4.13. The second kappa shape index (κ2) is 6.17. The summed E-state index contributed by atoms with van der Waals surface area (Å²) < 4.78 is 11.1. The van der Waals surface area contributed by atoms with E-state index < -0.39 is 10.8 Å². The fraction of sp³-hybridized carbons (Fsp3) is 0.417. The van der Waals surface area contributed by atoms with Crippen LogP contribution in [0.2, 0.25) is 5.02 Å². The minimum atomic E-state index is -0.940. The van der Waals surface area contributed by atoms with E-state index in [9.17, 15) is 9.00 Å². The molecule has 1 aromatic carbocycles. The van der Waals surface area contributed by atoms with Crippen molar-refractivity contribution in [2.24, 2.45) is 0 Å². The van der Waals surface area contributed by atoms with Gasteiger partial charge in [0.2, 0.25) is 0 Å². The van der Waals surface area contributed by atoms with Gasteiger partial charge in [0.25, 0.3) is 5.91 Å². The molecular weight excluding hydrogens is 258 g/mol. The average Bonchev–Trinajstić information content (AvgIpc) is 2.25. The van der Waals surface area contributed by atoms with Crippen LogP contribution < -0.4 is 5.32 Å². The number of halogens is 1. The Morgan fingerprint density at radius 3 is 2.71 bits per heavy atom. The Morgan fingerprint density at radius 1 is 1.53 bits per heavy atom. The first-order valence-electron chi connectivity index (χ1n) is 5.28. The van der Waals surface area contributed by atoms with Crippen molar-refractivity contribution in [2.75, 3.05) is 12.8 Å². The lowest BCUT2D eigenvalue weighted by atomic mass is 10.1. The molecule has 5 heteroatoms. The molecule has 94 valence electrons. The van der Waals surface area contributed by atoms with E-state index in [4.69, 9.17) is 11.6 Å². The number of hydrogen-bond acceptors (Lipinski definition) is 2. The van der Waals surface area contributed by atoms with Gasteiger partial charge < -0.3 is 5.32 Å². The lowest BCUT2D eigenvalue weighted by molar-refractivity contribution is 0.0954. The molecule has 0 radical (unpaired) electrons. The van der Waals surface area contributed by atoms with Crippen LogP contribution in [0.15, 0.2) is 18.2 Å². The molecule has 1 amide bonds. The molecule has 1 aromatic rings. The Balaban J connectivity index is 2.67. The zero-order valence-corrected chi connectivity index (χ0v) is 11.7. The van der Waals surface area contributed by atoms with Crippen LogP contribution >= 0.6 is 11.6 Å². The van der Waals surface area contributed by atoms with Crippen LogP contribution in [0.25, 0.3) is 0 Å². The Morgan fingerprint density at radius 2 is 2.18 bits per heavy atom. The van der Waals surface area contributed by atoms with Crippen molar-refractivity contribution in [1.29, 1.82) is 0 Å². The van der Waals surface area contributed by atoms with Gasteiger partial charge in [-0.2, -0.15) is 0 Å². The number of hydrogen-bond donors (Lipinski definition) is 1. The second-order valence-corrected chi connectivity index (χ2v) is 6.21. The standard InChI is InChI=1S/C12H16ClNO2S/c1-8-4-5-10(11(13)6-8)12(15)14-7-9(2)17(3)16/h4-6,9H,7H2,1-3H3,(H,14,15)/t9-,17-/m1/s1. The maximum absolute atomic E-state index is 11.8. The molecule has 1 N–H and O–H groups in total. The van der Waals surface area contributed by atoms with E-state index in [0.29, 0.717) is 17.1 Å². The summed E-state index contributed by atoms with van der Waals surface area (Å²) in [6, 6.07) is 5.28. The van der Waals surface area contributed by atoms with Gasteiger partial charge in [-0.05, 0) is 31.5 Å². The Labute approximate surface area is 109 Å². The van der Waals surface area contributed by atoms with Gasteiger partial charge in [0.1, 0.15) is 0 Å². The van der Waals surface area contributed by atoms with Crippen molar-refractivity contribution in [3.63, 3.8) is 0 Å². The van der Waals surface area contributed by atoms with Crippen LogP contribution in [0.4, 0.5) is 0 Å². The second-order valence-electron chi connectivity index (χ2n) is 4.00. The highest BCUT2D eigenvalue weighted by Gasteiger charge is 2.12. The van der Waals surface area contributed by atoms with Crippen LogP contribution in [-0.2, 0) is 10.8 Å². The number of carbonyl (C=O) groups is 1. The number of nitrogens with one attached hydrogen (secondary N) is 1. The number of carbonyl (C=O) groups excluding carboxylic acids is 1.